The maximum absolute atomic E-state index is 6.08. The third-order valence-corrected chi connectivity index (χ3v) is 4.32. The van der Waals surface area contributed by atoms with Crippen LogP contribution in [0.1, 0.15) is 44.1 Å². The topological polar surface area (TPSA) is 12.0 Å². The van der Waals surface area contributed by atoms with E-state index >= 15 is 0 Å². The number of halogens is 2. The van der Waals surface area contributed by atoms with Crippen LogP contribution in [0.15, 0.2) is 18.2 Å². The summed E-state index contributed by atoms with van der Waals surface area (Å²) < 4.78 is 0. The summed E-state index contributed by atoms with van der Waals surface area (Å²) in [4.78, 5) is 0. The second-order valence-corrected chi connectivity index (χ2v) is 5.61. The number of hydrogen-bond donors (Lipinski definition) is 1. The number of benzene rings is 1. The molecule has 2 atom stereocenters. The van der Waals surface area contributed by atoms with E-state index in [0.29, 0.717) is 22.0 Å². The summed E-state index contributed by atoms with van der Waals surface area (Å²) >= 11 is 12.0. The third-order valence-electron chi connectivity index (χ3n) is 3.58. The molecular formula is C14H19Cl2N. The van der Waals surface area contributed by atoms with Crippen LogP contribution in [0.3, 0.4) is 0 Å². The lowest BCUT2D eigenvalue weighted by atomic mass is 9.81. The molecule has 0 radical (unpaired) electrons. The molecule has 94 valence electrons. The van der Waals surface area contributed by atoms with Gasteiger partial charge in [-0.3, -0.25) is 0 Å². The minimum Gasteiger partial charge on any atom is -0.314 e. The normalized spacial score (nSPS) is 24.9. The van der Waals surface area contributed by atoms with Crippen LogP contribution in [0, 0.1) is 0 Å². The quantitative estimate of drug-likeness (QED) is 0.846. The standard InChI is InChI=1S/C14H19Cl2N/c1-2-17-12-5-3-4-10(8-12)11-6-7-13(15)14(16)9-11/h6-7,9-10,12,17H,2-5,8H2,1H3. The Hall–Kier alpha value is -0.240. The van der Waals surface area contributed by atoms with E-state index < -0.39 is 0 Å². The van der Waals surface area contributed by atoms with E-state index in [4.69, 9.17) is 23.2 Å². The van der Waals surface area contributed by atoms with E-state index in [1.807, 2.05) is 12.1 Å². The van der Waals surface area contributed by atoms with E-state index in [0.717, 1.165) is 6.54 Å². The molecule has 1 nitrogen and oxygen atoms in total. The van der Waals surface area contributed by atoms with Gasteiger partial charge in [0.15, 0.2) is 0 Å². The summed E-state index contributed by atoms with van der Waals surface area (Å²) in [6, 6.07) is 6.72. The fourth-order valence-electron chi connectivity index (χ4n) is 2.73. The Kier molecular flexibility index (Phi) is 4.72. The van der Waals surface area contributed by atoms with Crippen LogP contribution >= 0.6 is 23.2 Å². The zero-order valence-electron chi connectivity index (χ0n) is 10.2. The SMILES string of the molecule is CCNC1CCCC(c2ccc(Cl)c(Cl)c2)C1. The van der Waals surface area contributed by atoms with Gasteiger partial charge in [0, 0.05) is 6.04 Å². The molecule has 3 heteroatoms. The van der Waals surface area contributed by atoms with Crippen molar-refractivity contribution in [3.8, 4) is 0 Å². The zero-order valence-corrected chi connectivity index (χ0v) is 11.7. The Morgan fingerprint density at radius 1 is 1.24 bits per heavy atom. The number of hydrogen-bond acceptors (Lipinski definition) is 1. The molecule has 0 saturated heterocycles. The summed E-state index contributed by atoms with van der Waals surface area (Å²) in [5.74, 6) is 0.627. The highest BCUT2D eigenvalue weighted by Gasteiger charge is 2.22. The summed E-state index contributed by atoms with van der Waals surface area (Å²) in [7, 11) is 0. The van der Waals surface area contributed by atoms with Crippen LogP contribution in [0.5, 0.6) is 0 Å². The smallest absolute Gasteiger partial charge is 0.0595 e. The van der Waals surface area contributed by atoms with Gasteiger partial charge in [0.2, 0.25) is 0 Å². The molecular weight excluding hydrogens is 253 g/mol. The first kappa shape index (κ1) is 13.2. The molecule has 1 aliphatic carbocycles. The van der Waals surface area contributed by atoms with Gasteiger partial charge in [0.05, 0.1) is 10.0 Å². The minimum atomic E-state index is 0.627. The van der Waals surface area contributed by atoms with Gasteiger partial charge in [0.25, 0.3) is 0 Å². The van der Waals surface area contributed by atoms with Crippen LogP contribution in [0.4, 0.5) is 0 Å². The van der Waals surface area contributed by atoms with Gasteiger partial charge in [-0.15, -0.1) is 0 Å². The van der Waals surface area contributed by atoms with Gasteiger partial charge in [-0.25, -0.2) is 0 Å². The molecule has 0 aromatic heterocycles. The van der Waals surface area contributed by atoms with E-state index in [9.17, 15) is 0 Å². The fraction of sp³-hybridized carbons (Fsp3) is 0.571. The third kappa shape index (κ3) is 3.37. The summed E-state index contributed by atoms with van der Waals surface area (Å²) in [5.41, 5.74) is 1.34. The first-order chi connectivity index (χ1) is 8.20. The highest BCUT2D eigenvalue weighted by atomic mass is 35.5. The van der Waals surface area contributed by atoms with Crippen molar-refractivity contribution in [2.45, 2.75) is 44.6 Å². The average Bonchev–Trinajstić information content (AvgIpc) is 2.33. The molecule has 0 spiro atoms. The maximum atomic E-state index is 6.08. The van der Waals surface area contributed by atoms with Crippen molar-refractivity contribution >= 4 is 23.2 Å². The highest BCUT2D eigenvalue weighted by Crippen LogP contribution is 2.35. The number of rotatable bonds is 3. The Morgan fingerprint density at radius 3 is 2.76 bits per heavy atom. The molecule has 0 amide bonds. The molecule has 1 saturated carbocycles. The van der Waals surface area contributed by atoms with Crippen molar-refractivity contribution < 1.29 is 0 Å². The molecule has 0 bridgehead atoms. The van der Waals surface area contributed by atoms with Crippen molar-refractivity contribution in [2.24, 2.45) is 0 Å². The van der Waals surface area contributed by atoms with Crippen molar-refractivity contribution in [1.29, 1.82) is 0 Å². The lowest BCUT2D eigenvalue weighted by Gasteiger charge is -2.30. The van der Waals surface area contributed by atoms with Gasteiger partial charge >= 0.3 is 0 Å². The van der Waals surface area contributed by atoms with Crippen molar-refractivity contribution in [3.63, 3.8) is 0 Å². The van der Waals surface area contributed by atoms with Crippen molar-refractivity contribution in [2.75, 3.05) is 6.54 Å². The van der Waals surface area contributed by atoms with Gasteiger partial charge < -0.3 is 5.32 Å². The monoisotopic (exact) mass is 271 g/mol. The molecule has 1 N–H and O–H groups in total. The Labute approximate surface area is 114 Å². The van der Waals surface area contributed by atoms with Crippen LogP contribution in [-0.4, -0.2) is 12.6 Å². The Balaban J connectivity index is 2.08. The van der Waals surface area contributed by atoms with Gasteiger partial charge in [0.1, 0.15) is 0 Å². The minimum absolute atomic E-state index is 0.627. The predicted octanol–water partition coefficient (Wildman–Crippen LogP) is 4.63. The lowest BCUT2D eigenvalue weighted by molar-refractivity contribution is 0.344. The second-order valence-electron chi connectivity index (χ2n) is 4.79. The molecule has 1 aromatic rings. The van der Waals surface area contributed by atoms with Crippen LogP contribution < -0.4 is 5.32 Å². The van der Waals surface area contributed by atoms with Gasteiger partial charge in [-0.2, -0.15) is 0 Å². The van der Waals surface area contributed by atoms with Crippen LogP contribution in [0.2, 0.25) is 10.0 Å². The molecule has 0 aliphatic heterocycles. The molecule has 1 aliphatic rings. The average molecular weight is 272 g/mol. The Morgan fingerprint density at radius 2 is 2.06 bits per heavy atom. The Bertz CT molecular complexity index is 376. The molecule has 1 aromatic carbocycles. The molecule has 1 fully saturated rings. The highest BCUT2D eigenvalue weighted by molar-refractivity contribution is 6.42. The number of nitrogens with one attached hydrogen (secondary N) is 1. The van der Waals surface area contributed by atoms with Crippen molar-refractivity contribution in [3.05, 3.63) is 33.8 Å². The van der Waals surface area contributed by atoms with Crippen molar-refractivity contribution in [1.82, 2.24) is 5.32 Å². The fourth-order valence-corrected chi connectivity index (χ4v) is 3.04. The molecule has 2 unspecified atom stereocenters. The lowest BCUT2D eigenvalue weighted by Crippen LogP contribution is -2.33. The predicted molar refractivity (Wildman–Crippen MR) is 75.1 cm³/mol. The second kappa shape index (κ2) is 6.08. The largest absolute Gasteiger partial charge is 0.314 e. The van der Waals surface area contributed by atoms with E-state index in [1.165, 1.54) is 31.2 Å². The van der Waals surface area contributed by atoms with Gasteiger partial charge in [-0.1, -0.05) is 42.6 Å². The summed E-state index contributed by atoms with van der Waals surface area (Å²) in [6.07, 6.45) is 5.07. The van der Waals surface area contributed by atoms with E-state index in [1.54, 1.807) is 0 Å². The van der Waals surface area contributed by atoms with Crippen LogP contribution in [-0.2, 0) is 0 Å². The molecule has 0 heterocycles. The summed E-state index contributed by atoms with van der Waals surface area (Å²) in [6.45, 7) is 3.22. The molecule has 17 heavy (non-hydrogen) atoms. The zero-order chi connectivity index (χ0) is 12.3. The first-order valence-corrected chi connectivity index (χ1v) is 7.14. The van der Waals surface area contributed by atoms with E-state index in [-0.39, 0.29) is 0 Å². The summed E-state index contributed by atoms with van der Waals surface area (Å²) in [5, 5.41) is 4.87. The van der Waals surface area contributed by atoms with Gasteiger partial charge in [-0.05, 0) is 49.4 Å². The maximum Gasteiger partial charge on any atom is 0.0595 e. The van der Waals surface area contributed by atoms with E-state index in [2.05, 4.69) is 18.3 Å². The molecule has 2 rings (SSSR count). The first-order valence-electron chi connectivity index (χ1n) is 6.39. The van der Waals surface area contributed by atoms with Crippen LogP contribution in [0.25, 0.3) is 0 Å².